The van der Waals surface area contributed by atoms with Gasteiger partial charge in [0.05, 0.1) is 6.10 Å². The molecule has 116 valence electrons. The van der Waals surface area contributed by atoms with E-state index in [1.807, 2.05) is 18.2 Å². The molecule has 3 heterocycles. The van der Waals surface area contributed by atoms with E-state index in [1.165, 1.54) is 0 Å². The van der Waals surface area contributed by atoms with E-state index in [-0.39, 0.29) is 12.0 Å². The number of hydrogen-bond donors (Lipinski definition) is 1. The molecule has 2 atom stereocenters. The molecule has 0 aromatic carbocycles. The van der Waals surface area contributed by atoms with Crippen LogP contribution in [0.5, 0.6) is 0 Å². The van der Waals surface area contributed by atoms with Gasteiger partial charge < -0.3 is 10.1 Å². The molecule has 0 unspecified atom stereocenters. The molecule has 3 rings (SSSR count). The van der Waals surface area contributed by atoms with E-state index < -0.39 is 0 Å². The molecule has 1 N–H and O–H groups in total. The van der Waals surface area contributed by atoms with Crippen molar-refractivity contribution in [3.8, 4) is 0 Å². The number of rotatable bonds is 4. The molecule has 1 saturated heterocycles. The van der Waals surface area contributed by atoms with E-state index in [4.69, 9.17) is 4.74 Å². The Hall–Kier alpha value is -2.01. The average molecular weight is 299 g/mol. The first kappa shape index (κ1) is 14.9. The average Bonchev–Trinajstić information content (AvgIpc) is 3.01. The summed E-state index contributed by atoms with van der Waals surface area (Å²) in [6.07, 6.45) is 2.90. The van der Waals surface area contributed by atoms with Crippen LogP contribution in [-0.4, -0.2) is 35.1 Å². The van der Waals surface area contributed by atoms with Crippen molar-refractivity contribution in [3.63, 3.8) is 0 Å². The molecule has 1 aliphatic rings. The molecular weight excluding hydrogens is 278 g/mol. The van der Waals surface area contributed by atoms with Crippen LogP contribution in [0.2, 0.25) is 0 Å². The van der Waals surface area contributed by atoms with E-state index in [0.717, 1.165) is 18.4 Å². The van der Waals surface area contributed by atoms with Gasteiger partial charge in [0.25, 0.3) is 5.91 Å². The monoisotopic (exact) mass is 299 g/mol. The highest BCUT2D eigenvalue weighted by molar-refractivity contribution is 5.94. The zero-order valence-electron chi connectivity index (χ0n) is 13.0. The second-order valence-corrected chi connectivity index (χ2v) is 6.08. The molecule has 0 radical (unpaired) electrons. The topological polar surface area (TPSA) is 64.1 Å². The van der Waals surface area contributed by atoms with Crippen LogP contribution in [0.25, 0.3) is 11.0 Å². The van der Waals surface area contributed by atoms with Crippen molar-refractivity contribution in [2.24, 2.45) is 11.8 Å². The van der Waals surface area contributed by atoms with Crippen LogP contribution in [0, 0.1) is 11.8 Å². The van der Waals surface area contributed by atoms with Gasteiger partial charge in [-0.2, -0.15) is 0 Å². The van der Waals surface area contributed by atoms with Crippen LogP contribution in [0.4, 0.5) is 0 Å². The lowest BCUT2D eigenvalue weighted by Gasteiger charge is -2.22. The van der Waals surface area contributed by atoms with Gasteiger partial charge >= 0.3 is 0 Å². The van der Waals surface area contributed by atoms with Crippen molar-refractivity contribution in [1.82, 2.24) is 15.3 Å². The predicted molar refractivity (Wildman–Crippen MR) is 84.6 cm³/mol. The van der Waals surface area contributed by atoms with Crippen LogP contribution in [0.15, 0.2) is 30.5 Å². The largest absolute Gasteiger partial charge is 0.378 e. The molecule has 0 bridgehead atoms. The quantitative estimate of drug-likeness (QED) is 0.941. The van der Waals surface area contributed by atoms with Crippen LogP contribution < -0.4 is 5.32 Å². The summed E-state index contributed by atoms with van der Waals surface area (Å²) in [4.78, 5) is 20.8. The van der Waals surface area contributed by atoms with E-state index in [9.17, 15) is 4.79 Å². The van der Waals surface area contributed by atoms with Gasteiger partial charge in [0.1, 0.15) is 5.69 Å². The van der Waals surface area contributed by atoms with Crippen LogP contribution in [0.1, 0.15) is 30.8 Å². The van der Waals surface area contributed by atoms with Crippen molar-refractivity contribution in [2.45, 2.75) is 26.4 Å². The molecule has 2 aromatic rings. The maximum absolute atomic E-state index is 12.3. The Balaban J connectivity index is 1.66. The lowest BCUT2D eigenvalue weighted by Crippen LogP contribution is -2.35. The third-order valence-corrected chi connectivity index (χ3v) is 4.14. The fourth-order valence-corrected chi connectivity index (χ4v) is 3.00. The lowest BCUT2D eigenvalue weighted by molar-refractivity contribution is 0.0533. The summed E-state index contributed by atoms with van der Waals surface area (Å²) in [5.74, 6) is 0.692. The number of carbonyl (C=O) groups is 1. The summed E-state index contributed by atoms with van der Waals surface area (Å²) in [5, 5.41) is 3.91. The molecule has 5 heteroatoms. The molecule has 1 fully saturated rings. The highest BCUT2D eigenvalue weighted by Gasteiger charge is 2.30. The first-order chi connectivity index (χ1) is 10.6. The van der Waals surface area contributed by atoms with Gasteiger partial charge in [0.2, 0.25) is 0 Å². The highest BCUT2D eigenvalue weighted by atomic mass is 16.5. The number of hydrogen-bond acceptors (Lipinski definition) is 4. The summed E-state index contributed by atoms with van der Waals surface area (Å²) in [6.45, 7) is 5.72. The van der Waals surface area contributed by atoms with Crippen molar-refractivity contribution < 1.29 is 9.53 Å². The SMILES string of the molecule is CC(C)[C@H]1OCC[C@@H]1CNC(=O)c1ccc2cccnc2n1. The number of fused-ring (bicyclic) bond motifs is 1. The summed E-state index contributed by atoms with van der Waals surface area (Å²) in [6, 6.07) is 7.40. The Morgan fingerprint density at radius 2 is 2.27 bits per heavy atom. The molecule has 22 heavy (non-hydrogen) atoms. The minimum Gasteiger partial charge on any atom is -0.378 e. The van der Waals surface area contributed by atoms with E-state index in [2.05, 4.69) is 29.1 Å². The standard InChI is InChI=1S/C17H21N3O2/c1-11(2)15-13(7-9-22-15)10-19-17(21)14-6-5-12-4-3-8-18-16(12)20-14/h3-6,8,11,13,15H,7,9-10H2,1-2H3,(H,19,21)/t13-,15-/m1/s1. The Morgan fingerprint density at radius 1 is 1.41 bits per heavy atom. The van der Waals surface area contributed by atoms with Gasteiger partial charge in [0.15, 0.2) is 5.65 Å². The maximum Gasteiger partial charge on any atom is 0.269 e. The zero-order chi connectivity index (χ0) is 15.5. The fraction of sp³-hybridized carbons (Fsp3) is 0.471. The number of nitrogens with zero attached hydrogens (tertiary/aromatic N) is 2. The van der Waals surface area contributed by atoms with Crippen molar-refractivity contribution in [1.29, 1.82) is 0 Å². The zero-order valence-corrected chi connectivity index (χ0v) is 13.0. The molecule has 0 aliphatic carbocycles. The van der Waals surface area contributed by atoms with Gasteiger partial charge in [-0.1, -0.05) is 13.8 Å². The smallest absolute Gasteiger partial charge is 0.269 e. The lowest BCUT2D eigenvalue weighted by atomic mass is 9.93. The Bertz CT molecular complexity index is 672. The van der Waals surface area contributed by atoms with Crippen molar-refractivity contribution in [2.75, 3.05) is 13.2 Å². The normalized spacial score (nSPS) is 21.4. The number of amides is 1. The van der Waals surface area contributed by atoms with E-state index in [0.29, 0.717) is 29.7 Å². The maximum atomic E-state index is 12.3. The molecular formula is C17H21N3O2. The van der Waals surface area contributed by atoms with Crippen molar-refractivity contribution in [3.05, 3.63) is 36.2 Å². The number of nitrogens with one attached hydrogen (secondary N) is 1. The van der Waals surface area contributed by atoms with Gasteiger partial charge in [0, 0.05) is 30.7 Å². The number of ether oxygens (including phenoxy) is 1. The van der Waals surface area contributed by atoms with E-state index >= 15 is 0 Å². The highest BCUT2D eigenvalue weighted by Crippen LogP contribution is 2.26. The first-order valence-corrected chi connectivity index (χ1v) is 7.76. The molecule has 0 spiro atoms. The number of pyridine rings is 2. The van der Waals surface area contributed by atoms with Gasteiger partial charge in [-0.3, -0.25) is 4.79 Å². The third-order valence-electron chi connectivity index (χ3n) is 4.14. The predicted octanol–water partition coefficient (Wildman–Crippen LogP) is 2.42. The summed E-state index contributed by atoms with van der Waals surface area (Å²) in [5.41, 5.74) is 1.01. The molecule has 2 aromatic heterocycles. The number of aromatic nitrogens is 2. The number of carbonyl (C=O) groups excluding carboxylic acids is 1. The minimum atomic E-state index is -0.151. The van der Waals surface area contributed by atoms with Gasteiger partial charge in [-0.05, 0) is 36.6 Å². The molecule has 0 saturated carbocycles. The third kappa shape index (κ3) is 3.09. The van der Waals surface area contributed by atoms with E-state index in [1.54, 1.807) is 12.3 Å². The second kappa shape index (κ2) is 6.40. The fourth-order valence-electron chi connectivity index (χ4n) is 3.00. The van der Waals surface area contributed by atoms with Gasteiger partial charge in [-0.15, -0.1) is 0 Å². The van der Waals surface area contributed by atoms with Crippen LogP contribution in [-0.2, 0) is 4.74 Å². The molecule has 1 aliphatic heterocycles. The minimum absolute atomic E-state index is 0.151. The Morgan fingerprint density at radius 3 is 3.09 bits per heavy atom. The molecule has 1 amide bonds. The first-order valence-electron chi connectivity index (χ1n) is 7.76. The summed E-state index contributed by atoms with van der Waals surface area (Å²) in [7, 11) is 0. The summed E-state index contributed by atoms with van der Waals surface area (Å²) < 4.78 is 5.75. The summed E-state index contributed by atoms with van der Waals surface area (Å²) >= 11 is 0. The van der Waals surface area contributed by atoms with Gasteiger partial charge in [-0.25, -0.2) is 9.97 Å². The van der Waals surface area contributed by atoms with Crippen LogP contribution in [0.3, 0.4) is 0 Å². The Labute approximate surface area is 130 Å². The van der Waals surface area contributed by atoms with Crippen LogP contribution >= 0.6 is 0 Å². The Kier molecular flexibility index (Phi) is 4.34. The second-order valence-electron chi connectivity index (χ2n) is 6.08. The van der Waals surface area contributed by atoms with Crippen molar-refractivity contribution >= 4 is 16.9 Å². The molecule has 5 nitrogen and oxygen atoms in total.